The molecule has 0 spiro atoms. The molecule has 2 N–H and O–H groups in total. The number of amides is 1. The molecule has 1 aliphatic heterocycles. The minimum absolute atomic E-state index is 0.0174. The quantitative estimate of drug-likeness (QED) is 0.618. The van der Waals surface area contributed by atoms with E-state index in [9.17, 15) is 19.3 Å². The summed E-state index contributed by atoms with van der Waals surface area (Å²) >= 11 is 0. The Hall–Kier alpha value is -2.06. The molecular weight excluding hydrogens is 269 g/mol. The SMILES string of the molecule is O=C(NCC1COCCN1)c1cc(F)cc([N+](=O)[O-])c1. The van der Waals surface area contributed by atoms with Crippen LogP contribution >= 0.6 is 0 Å². The predicted molar refractivity (Wildman–Crippen MR) is 68.0 cm³/mol. The molecule has 2 rings (SSSR count). The van der Waals surface area contributed by atoms with Crippen molar-refractivity contribution in [3.8, 4) is 0 Å². The van der Waals surface area contributed by atoms with Gasteiger partial charge in [0.1, 0.15) is 5.82 Å². The Bertz CT molecular complexity index is 517. The van der Waals surface area contributed by atoms with E-state index in [2.05, 4.69) is 10.6 Å². The minimum atomic E-state index is -0.816. The first kappa shape index (κ1) is 14.4. The van der Waals surface area contributed by atoms with Crippen molar-refractivity contribution in [2.24, 2.45) is 0 Å². The van der Waals surface area contributed by atoms with Gasteiger partial charge in [0, 0.05) is 30.8 Å². The maximum Gasteiger partial charge on any atom is 0.273 e. The van der Waals surface area contributed by atoms with Crippen LogP contribution in [0.3, 0.4) is 0 Å². The van der Waals surface area contributed by atoms with Gasteiger partial charge in [0.2, 0.25) is 0 Å². The van der Waals surface area contributed by atoms with E-state index >= 15 is 0 Å². The Morgan fingerprint density at radius 1 is 1.55 bits per heavy atom. The number of rotatable bonds is 4. The molecule has 1 atom stereocenters. The van der Waals surface area contributed by atoms with Crippen molar-refractivity contribution in [3.63, 3.8) is 0 Å². The van der Waals surface area contributed by atoms with Gasteiger partial charge in [-0.2, -0.15) is 0 Å². The van der Waals surface area contributed by atoms with Gasteiger partial charge in [0.15, 0.2) is 0 Å². The molecule has 0 saturated carbocycles. The number of morpholine rings is 1. The molecule has 20 heavy (non-hydrogen) atoms. The van der Waals surface area contributed by atoms with Gasteiger partial charge in [0.25, 0.3) is 11.6 Å². The summed E-state index contributed by atoms with van der Waals surface area (Å²) in [7, 11) is 0. The van der Waals surface area contributed by atoms with Gasteiger partial charge in [-0.1, -0.05) is 0 Å². The van der Waals surface area contributed by atoms with Crippen LogP contribution < -0.4 is 10.6 Å². The number of ether oxygens (including phenoxy) is 1. The van der Waals surface area contributed by atoms with Gasteiger partial charge in [-0.05, 0) is 6.07 Å². The number of carbonyl (C=O) groups is 1. The van der Waals surface area contributed by atoms with Crippen LogP contribution in [0, 0.1) is 15.9 Å². The van der Waals surface area contributed by atoms with Crippen molar-refractivity contribution < 1.29 is 18.8 Å². The molecule has 1 unspecified atom stereocenters. The normalized spacial score (nSPS) is 18.6. The average molecular weight is 283 g/mol. The van der Waals surface area contributed by atoms with E-state index < -0.39 is 22.3 Å². The number of nitro benzene ring substituents is 1. The van der Waals surface area contributed by atoms with Gasteiger partial charge in [-0.3, -0.25) is 14.9 Å². The summed E-state index contributed by atoms with van der Waals surface area (Å²) < 4.78 is 18.5. The molecule has 0 aromatic heterocycles. The van der Waals surface area contributed by atoms with Gasteiger partial charge in [-0.15, -0.1) is 0 Å². The molecule has 1 heterocycles. The fourth-order valence-corrected chi connectivity index (χ4v) is 1.88. The highest BCUT2D eigenvalue weighted by atomic mass is 19.1. The highest BCUT2D eigenvalue weighted by Crippen LogP contribution is 2.16. The van der Waals surface area contributed by atoms with Gasteiger partial charge >= 0.3 is 0 Å². The zero-order chi connectivity index (χ0) is 14.5. The number of benzene rings is 1. The minimum Gasteiger partial charge on any atom is -0.378 e. The second-order valence-electron chi connectivity index (χ2n) is 4.39. The number of nitrogens with zero attached hydrogens (tertiary/aromatic N) is 1. The Morgan fingerprint density at radius 2 is 2.35 bits per heavy atom. The van der Waals surface area contributed by atoms with Gasteiger partial charge in [0.05, 0.1) is 24.2 Å². The third kappa shape index (κ3) is 3.72. The van der Waals surface area contributed by atoms with Crippen molar-refractivity contribution >= 4 is 11.6 Å². The first-order valence-corrected chi connectivity index (χ1v) is 6.10. The largest absolute Gasteiger partial charge is 0.378 e. The van der Waals surface area contributed by atoms with Crippen LogP contribution in [-0.4, -0.2) is 43.2 Å². The molecule has 108 valence electrons. The number of hydrogen-bond acceptors (Lipinski definition) is 5. The van der Waals surface area contributed by atoms with E-state index in [4.69, 9.17) is 4.74 Å². The Balaban J connectivity index is 1.99. The Labute approximate surface area is 114 Å². The number of hydrogen-bond donors (Lipinski definition) is 2. The third-order valence-electron chi connectivity index (χ3n) is 2.86. The average Bonchev–Trinajstić information content (AvgIpc) is 2.45. The molecular formula is C12H14FN3O4. The maximum atomic E-state index is 13.2. The van der Waals surface area contributed by atoms with Crippen LogP contribution in [0.4, 0.5) is 10.1 Å². The molecule has 8 heteroatoms. The predicted octanol–water partition coefficient (Wildman–Crippen LogP) is 0.452. The monoisotopic (exact) mass is 283 g/mol. The molecule has 7 nitrogen and oxygen atoms in total. The standard InChI is InChI=1S/C12H14FN3O4/c13-9-3-8(4-11(5-9)16(18)19)12(17)15-6-10-7-20-2-1-14-10/h3-5,10,14H,1-2,6-7H2,(H,15,17). The molecule has 1 aliphatic rings. The highest BCUT2D eigenvalue weighted by Gasteiger charge is 2.17. The molecule has 1 fully saturated rings. The molecule has 0 bridgehead atoms. The van der Waals surface area contributed by atoms with Crippen LogP contribution in [0.2, 0.25) is 0 Å². The van der Waals surface area contributed by atoms with E-state index in [1.165, 1.54) is 0 Å². The van der Waals surface area contributed by atoms with Gasteiger partial charge < -0.3 is 15.4 Å². The first-order chi connectivity index (χ1) is 9.56. The molecule has 1 saturated heterocycles. The zero-order valence-electron chi connectivity index (χ0n) is 10.6. The summed E-state index contributed by atoms with van der Waals surface area (Å²) in [5.41, 5.74) is -0.525. The lowest BCUT2D eigenvalue weighted by Crippen LogP contribution is -2.48. The van der Waals surface area contributed by atoms with Crippen LogP contribution in [-0.2, 0) is 4.74 Å². The second kappa shape index (κ2) is 6.40. The van der Waals surface area contributed by atoms with Crippen molar-refractivity contribution in [1.29, 1.82) is 0 Å². The molecule has 1 aromatic rings. The van der Waals surface area contributed by atoms with Crippen molar-refractivity contribution in [1.82, 2.24) is 10.6 Å². The van der Waals surface area contributed by atoms with E-state index in [1.54, 1.807) is 0 Å². The summed E-state index contributed by atoms with van der Waals surface area (Å²) in [6, 6.07) is 2.76. The van der Waals surface area contributed by atoms with E-state index in [-0.39, 0.29) is 11.6 Å². The fourth-order valence-electron chi connectivity index (χ4n) is 1.88. The lowest BCUT2D eigenvalue weighted by molar-refractivity contribution is -0.385. The second-order valence-corrected chi connectivity index (χ2v) is 4.39. The zero-order valence-corrected chi connectivity index (χ0v) is 10.6. The summed E-state index contributed by atoms with van der Waals surface area (Å²) in [4.78, 5) is 21.7. The summed E-state index contributed by atoms with van der Waals surface area (Å²) in [6.45, 7) is 2.11. The molecule has 1 aromatic carbocycles. The van der Waals surface area contributed by atoms with Crippen LogP contribution in [0.15, 0.2) is 18.2 Å². The Kier molecular flexibility index (Phi) is 4.59. The van der Waals surface area contributed by atoms with Crippen LogP contribution in [0.5, 0.6) is 0 Å². The summed E-state index contributed by atoms with van der Waals surface area (Å²) in [5, 5.41) is 16.4. The number of non-ortho nitro benzene ring substituents is 1. The number of nitrogens with one attached hydrogen (secondary N) is 2. The number of halogens is 1. The lowest BCUT2D eigenvalue weighted by atomic mass is 10.1. The maximum absolute atomic E-state index is 13.2. The first-order valence-electron chi connectivity index (χ1n) is 6.10. The van der Waals surface area contributed by atoms with E-state index in [0.29, 0.717) is 26.3 Å². The van der Waals surface area contributed by atoms with Crippen molar-refractivity contribution in [2.45, 2.75) is 6.04 Å². The topological polar surface area (TPSA) is 93.5 Å². The van der Waals surface area contributed by atoms with Crippen LogP contribution in [0.25, 0.3) is 0 Å². The number of nitro groups is 1. The van der Waals surface area contributed by atoms with Crippen LogP contribution in [0.1, 0.15) is 10.4 Å². The van der Waals surface area contributed by atoms with E-state index in [1.807, 2.05) is 0 Å². The third-order valence-corrected chi connectivity index (χ3v) is 2.86. The highest BCUT2D eigenvalue weighted by molar-refractivity contribution is 5.94. The number of carbonyl (C=O) groups excluding carboxylic acids is 1. The smallest absolute Gasteiger partial charge is 0.273 e. The lowest BCUT2D eigenvalue weighted by Gasteiger charge is -2.23. The summed E-state index contributed by atoms with van der Waals surface area (Å²) in [6.07, 6.45) is 0. The Morgan fingerprint density at radius 3 is 3.00 bits per heavy atom. The van der Waals surface area contributed by atoms with Crippen molar-refractivity contribution in [2.75, 3.05) is 26.3 Å². The van der Waals surface area contributed by atoms with Crippen molar-refractivity contribution in [3.05, 3.63) is 39.7 Å². The summed E-state index contributed by atoms with van der Waals surface area (Å²) in [5.74, 6) is -1.37. The fraction of sp³-hybridized carbons (Fsp3) is 0.417. The van der Waals surface area contributed by atoms with E-state index in [0.717, 1.165) is 18.2 Å². The van der Waals surface area contributed by atoms with Gasteiger partial charge in [-0.25, -0.2) is 4.39 Å². The molecule has 0 radical (unpaired) electrons. The molecule has 0 aliphatic carbocycles. The molecule has 1 amide bonds.